The summed E-state index contributed by atoms with van der Waals surface area (Å²) in [5.74, 6) is -2.67. The van der Waals surface area contributed by atoms with Gasteiger partial charge in [0.15, 0.2) is 11.5 Å². The third-order valence-electron chi connectivity index (χ3n) is 5.85. The zero-order valence-corrected chi connectivity index (χ0v) is 24.9. The molecule has 2 atom stereocenters. The fraction of sp³-hybridized carbons (Fsp3) is 0.375. The van der Waals surface area contributed by atoms with E-state index in [1.54, 1.807) is 0 Å². The third-order valence-corrected chi connectivity index (χ3v) is 5.85. The Morgan fingerprint density at radius 3 is 1.76 bits per heavy atom. The van der Waals surface area contributed by atoms with E-state index in [9.17, 15) is 19.8 Å². The van der Waals surface area contributed by atoms with Crippen molar-refractivity contribution in [3.63, 3.8) is 0 Å². The average Bonchev–Trinajstić information content (AvgIpc) is 2.96. The van der Waals surface area contributed by atoms with Crippen LogP contribution in [0.25, 0.3) is 5.76 Å². The number of nitrogens with zero attached hydrogens (tertiary/aromatic N) is 2. The van der Waals surface area contributed by atoms with Gasteiger partial charge in [0.2, 0.25) is 11.6 Å². The molecule has 3 rings (SSSR count). The molecule has 0 amide bonds. The van der Waals surface area contributed by atoms with E-state index >= 15 is 0 Å². The molecule has 2 aromatic carbocycles. The number of hydrogen-bond acceptors (Lipinski definition) is 10. The molecule has 0 saturated heterocycles. The van der Waals surface area contributed by atoms with Crippen LogP contribution in [0.4, 0.5) is 0 Å². The second kappa shape index (κ2) is 14.3. The van der Waals surface area contributed by atoms with E-state index in [-0.39, 0.29) is 24.1 Å². The molecular formula is C32H40N4O6. The highest BCUT2D eigenvalue weighted by atomic mass is 16.7. The minimum absolute atomic E-state index is 0.0986. The van der Waals surface area contributed by atoms with E-state index in [0.29, 0.717) is 0 Å². The Kier molecular flexibility index (Phi) is 11.1. The van der Waals surface area contributed by atoms with Gasteiger partial charge >= 0.3 is 0 Å². The first kappa shape index (κ1) is 32.6. The van der Waals surface area contributed by atoms with Crippen molar-refractivity contribution in [2.45, 2.75) is 77.7 Å². The van der Waals surface area contributed by atoms with Crippen LogP contribution < -0.4 is 11.0 Å². The number of carbonyl (C=O) groups is 2. The fourth-order valence-electron chi connectivity index (χ4n) is 3.78. The summed E-state index contributed by atoms with van der Waals surface area (Å²) < 4.78 is 0. The minimum Gasteiger partial charge on any atom is -0.507 e. The number of hydroxylamine groups is 2. The van der Waals surface area contributed by atoms with Crippen LogP contribution in [0.2, 0.25) is 0 Å². The molecule has 224 valence electrons. The van der Waals surface area contributed by atoms with Gasteiger partial charge < -0.3 is 10.2 Å². The SMILES string of the molecule is CC(C)(C)ON[C@@H](Cc1ccccc1)C(=O)C(=O)c1cnnc(C(O)=C(O)[C@H](Cc2ccccc2)NOC(C)(C)C)c1. The molecular weight excluding hydrogens is 536 g/mol. The van der Waals surface area contributed by atoms with Crippen LogP contribution in [-0.2, 0) is 27.3 Å². The highest BCUT2D eigenvalue weighted by Crippen LogP contribution is 2.20. The number of aromatic nitrogens is 2. The summed E-state index contributed by atoms with van der Waals surface area (Å²) in [6.07, 6.45) is 1.62. The Morgan fingerprint density at radius 2 is 1.26 bits per heavy atom. The van der Waals surface area contributed by atoms with Gasteiger partial charge in [0.1, 0.15) is 11.7 Å². The summed E-state index contributed by atoms with van der Waals surface area (Å²) in [6, 6.07) is 18.0. The average molecular weight is 577 g/mol. The predicted octanol–water partition coefficient (Wildman–Crippen LogP) is 4.88. The van der Waals surface area contributed by atoms with E-state index in [0.717, 1.165) is 17.3 Å². The molecule has 10 heteroatoms. The van der Waals surface area contributed by atoms with Gasteiger partial charge in [-0.05, 0) is 71.6 Å². The normalized spacial score (nSPS) is 14.1. The second-order valence-corrected chi connectivity index (χ2v) is 11.9. The fourth-order valence-corrected chi connectivity index (χ4v) is 3.78. The number of rotatable bonds is 13. The summed E-state index contributed by atoms with van der Waals surface area (Å²) in [5, 5.41) is 29.8. The Morgan fingerprint density at radius 1 is 0.786 bits per heavy atom. The highest BCUT2D eigenvalue weighted by Gasteiger charge is 2.30. The van der Waals surface area contributed by atoms with Crippen molar-refractivity contribution in [2.24, 2.45) is 0 Å². The maximum atomic E-state index is 13.4. The number of Topliss-reactive ketones (excluding diaryl/α,β-unsaturated/α-hetero) is 2. The van der Waals surface area contributed by atoms with Crippen LogP contribution in [0.1, 0.15) is 68.7 Å². The van der Waals surface area contributed by atoms with Crippen molar-refractivity contribution >= 4 is 17.3 Å². The molecule has 0 unspecified atom stereocenters. The van der Waals surface area contributed by atoms with Gasteiger partial charge in [0.25, 0.3) is 0 Å². The van der Waals surface area contributed by atoms with Crippen molar-refractivity contribution in [2.75, 3.05) is 0 Å². The van der Waals surface area contributed by atoms with Crippen molar-refractivity contribution in [1.82, 2.24) is 21.2 Å². The number of nitrogens with one attached hydrogen (secondary N) is 2. The van der Waals surface area contributed by atoms with Gasteiger partial charge in [-0.25, -0.2) is 0 Å². The molecule has 10 nitrogen and oxygen atoms in total. The Hall–Kier alpha value is -3.96. The molecule has 0 bridgehead atoms. The Balaban J connectivity index is 1.88. The van der Waals surface area contributed by atoms with Crippen LogP contribution in [0.15, 0.2) is 78.7 Å². The van der Waals surface area contributed by atoms with Crippen molar-refractivity contribution in [1.29, 1.82) is 0 Å². The summed E-state index contributed by atoms with van der Waals surface area (Å²) in [4.78, 5) is 38.0. The molecule has 4 N–H and O–H groups in total. The van der Waals surface area contributed by atoms with Crippen molar-refractivity contribution < 1.29 is 29.5 Å². The third kappa shape index (κ3) is 10.1. The molecule has 42 heavy (non-hydrogen) atoms. The summed E-state index contributed by atoms with van der Waals surface area (Å²) in [7, 11) is 0. The van der Waals surface area contributed by atoms with Crippen LogP contribution in [-0.4, -0.2) is 55.3 Å². The summed E-state index contributed by atoms with van der Waals surface area (Å²) in [5.41, 5.74) is 5.81. The van der Waals surface area contributed by atoms with Gasteiger partial charge in [-0.3, -0.25) is 19.3 Å². The van der Waals surface area contributed by atoms with E-state index in [2.05, 4.69) is 21.2 Å². The zero-order valence-electron chi connectivity index (χ0n) is 24.9. The van der Waals surface area contributed by atoms with E-state index < -0.39 is 46.4 Å². The molecule has 0 aliphatic rings. The molecule has 1 aromatic heterocycles. The largest absolute Gasteiger partial charge is 0.507 e. The zero-order chi connectivity index (χ0) is 30.9. The minimum atomic E-state index is -0.984. The lowest BCUT2D eigenvalue weighted by molar-refractivity contribution is -0.128. The lowest BCUT2D eigenvalue weighted by Gasteiger charge is -2.25. The van der Waals surface area contributed by atoms with Crippen LogP contribution >= 0.6 is 0 Å². The van der Waals surface area contributed by atoms with E-state index in [4.69, 9.17) is 9.68 Å². The quantitative estimate of drug-likeness (QED) is 0.0963. The Labute approximate surface area is 246 Å². The topological polar surface area (TPSA) is 143 Å². The monoisotopic (exact) mass is 576 g/mol. The first-order valence-corrected chi connectivity index (χ1v) is 13.7. The second-order valence-electron chi connectivity index (χ2n) is 11.9. The molecule has 1 heterocycles. The van der Waals surface area contributed by atoms with Crippen molar-refractivity contribution in [3.8, 4) is 0 Å². The smallest absolute Gasteiger partial charge is 0.232 e. The molecule has 0 radical (unpaired) electrons. The molecule has 0 spiro atoms. The molecule has 0 saturated carbocycles. The van der Waals surface area contributed by atoms with E-state index in [1.165, 1.54) is 6.07 Å². The number of ketones is 2. The molecule has 0 aliphatic carbocycles. The lowest BCUT2D eigenvalue weighted by Crippen LogP contribution is -2.45. The lowest BCUT2D eigenvalue weighted by atomic mass is 9.97. The summed E-state index contributed by atoms with van der Waals surface area (Å²) in [6.45, 7) is 11.0. The number of aliphatic hydroxyl groups is 2. The van der Waals surface area contributed by atoms with Gasteiger partial charge in [-0.15, -0.1) is 5.10 Å². The standard InChI is InChI=1S/C32H40N4O6/c1-31(2,3)41-35-25(17-21-13-9-7-10-14-21)29(39)27(37)23-19-24(34-33-20-23)28(38)30(40)26(36-42-32(4,5)6)18-22-15-11-8-12-16-22/h7-16,19-20,25-26,35-36,38,40H,17-18H2,1-6H3/t25-,26-/m0/s1. The van der Waals surface area contributed by atoms with Crippen LogP contribution in [0.3, 0.4) is 0 Å². The van der Waals surface area contributed by atoms with Gasteiger partial charge in [0, 0.05) is 5.56 Å². The van der Waals surface area contributed by atoms with E-state index in [1.807, 2.05) is 102 Å². The van der Waals surface area contributed by atoms with Gasteiger partial charge in [-0.1, -0.05) is 60.7 Å². The molecule has 3 aromatic rings. The predicted molar refractivity (Wildman–Crippen MR) is 159 cm³/mol. The number of carbonyl (C=O) groups excluding carboxylic acids is 2. The van der Waals surface area contributed by atoms with Crippen LogP contribution in [0, 0.1) is 0 Å². The summed E-state index contributed by atoms with van der Waals surface area (Å²) >= 11 is 0. The first-order chi connectivity index (χ1) is 19.7. The van der Waals surface area contributed by atoms with Crippen LogP contribution in [0.5, 0.6) is 0 Å². The van der Waals surface area contributed by atoms with Gasteiger partial charge in [-0.2, -0.15) is 16.1 Å². The highest BCUT2D eigenvalue weighted by molar-refractivity contribution is 6.45. The molecule has 0 fully saturated rings. The first-order valence-electron chi connectivity index (χ1n) is 13.7. The number of hydrogen-bond donors (Lipinski definition) is 4. The maximum Gasteiger partial charge on any atom is 0.232 e. The number of benzene rings is 2. The van der Waals surface area contributed by atoms with Crippen molar-refractivity contribution in [3.05, 3.63) is 101 Å². The van der Waals surface area contributed by atoms with Gasteiger partial charge in [0.05, 0.1) is 23.4 Å². The maximum absolute atomic E-state index is 13.4. The Bertz CT molecular complexity index is 1370. The molecule has 0 aliphatic heterocycles. The number of aliphatic hydroxyl groups excluding tert-OH is 2.